The summed E-state index contributed by atoms with van der Waals surface area (Å²) < 4.78 is 5.94. The smallest absolute Gasteiger partial charge is 0.170 e. The van der Waals surface area contributed by atoms with Crippen molar-refractivity contribution >= 4 is 16.6 Å². The molecular weight excluding hydrogens is 240 g/mol. The topological polar surface area (TPSA) is 67.8 Å². The SMILES string of the molecule is CC(C)(C)Oc1ccc(/C(N)=N/O)c2ccccc12. The van der Waals surface area contributed by atoms with Gasteiger partial charge in [-0.25, -0.2) is 0 Å². The van der Waals surface area contributed by atoms with Gasteiger partial charge in [-0.1, -0.05) is 29.4 Å². The summed E-state index contributed by atoms with van der Waals surface area (Å²) in [5.41, 5.74) is 6.11. The Morgan fingerprint density at radius 1 is 1.11 bits per heavy atom. The van der Waals surface area contributed by atoms with Crippen molar-refractivity contribution in [3.63, 3.8) is 0 Å². The third-order valence-corrected chi connectivity index (χ3v) is 2.68. The third-order valence-electron chi connectivity index (χ3n) is 2.68. The normalized spacial score (nSPS) is 12.7. The number of hydrogen-bond acceptors (Lipinski definition) is 3. The molecule has 2 aromatic carbocycles. The lowest BCUT2D eigenvalue weighted by Gasteiger charge is -2.23. The van der Waals surface area contributed by atoms with Crippen LogP contribution < -0.4 is 10.5 Å². The third kappa shape index (κ3) is 2.78. The Morgan fingerprint density at radius 3 is 2.32 bits per heavy atom. The summed E-state index contributed by atoms with van der Waals surface area (Å²) in [4.78, 5) is 0. The Hall–Kier alpha value is -2.23. The van der Waals surface area contributed by atoms with Crippen molar-refractivity contribution < 1.29 is 9.94 Å². The van der Waals surface area contributed by atoms with E-state index >= 15 is 0 Å². The molecule has 2 aromatic rings. The number of benzene rings is 2. The van der Waals surface area contributed by atoms with Crippen molar-refractivity contribution in [2.75, 3.05) is 0 Å². The van der Waals surface area contributed by atoms with Crippen molar-refractivity contribution in [1.82, 2.24) is 0 Å². The molecule has 0 amide bonds. The van der Waals surface area contributed by atoms with E-state index in [1.54, 1.807) is 6.07 Å². The molecule has 0 aliphatic rings. The van der Waals surface area contributed by atoms with E-state index in [0.717, 1.165) is 16.5 Å². The highest BCUT2D eigenvalue weighted by Gasteiger charge is 2.15. The molecular formula is C15H18N2O2. The van der Waals surface area contributed by atoms with Crippen LogP contribution in [-0.4, -0.2) is 16.6 Å². The molecule has 19 heavy (non-hydrogen) atoms. The molecule has 100 valence electrons. The standard InChI is InChI=1S/C15H18N2O2/c1-15(2,3)19-13-9-8-12(14(16)17-18)10-6-4-5-7-11(10)13/h4-9,18H,1-3H3,(H2,16,17). The van der Waals surface area contributed by atoms with Crippen LogP contribution in [0.15, 0.2) is 41.6 Å². The van der Waals surface area contributed by atoms with Gasteiger partial charge in [-0.05, 0) is 38.3 Å². The van der Waals surface area contributed by atoms with Crippen LogP contribution in [0.4, 0.5) is 0 Å². The number of hydrogen-bond donors (Lipinski definition) is 2. The number of ether oxygens (including phenoxy) is 1. The number of rotatable bonds is 2. The van der Waals surface area contributed by atoms with Crippen LogP contribution in [0.2, 0.25) is 0 Å². The molecule has 0 aromatic heterocycles. The van der Waals surface area contributed by atoms with Gasteiger partial charge in [-0.15, -0.1) is 0 Å². The molecule has 4 heteroatoms. The summed E-state index contributed by atoms with van der Waals surface area (Å²) in [5, 5.41) is 13.8. The molecule has 0 aliphatic carbocycles. The quantitative estimate of drug-likeness (QED) is 0.376. The van der Waals surface area contributed by atoms with Crippen LogP contribution in [0.3, 0.4) is 0 Å². The fourth-order valence-corrected chi connectivity index (χ4v) is 1.97. The first-order chi connectivity index (χ1) is 8.92. The maximum Gasteiger partial charge on any atom is 0.170 e. The Balaban J connectivity index is 2.65. The molecule has 4 nitrogen and oxygen atoms in total. The van der Waals surface area contributed by atoms with Crippen LogP contribution in [0.5, 0.6) is 5.75 Å². The fraction of sp³-hybridized carbons (Fsp3) is 0.267. The van der Waals surface area contributed by atoms with Gasteiger partial charge < -0.3 is 15.7 Å². The number of oxime groups is 1. The Labute approximate surface area is 112 Å². The van der Waals surface area contributed by atoms with Crippen molar-refractivity contribution in [2.24, 2.45) is 10.9 Å². The number of nitrogens with zero attached hydrogens (tertiary/aromatic N) is 1. The van der Waals surface area contributed by atoms with Gasteiger partial charge in [0, 0.05) is 10.9 Å². The van der Waals surface area contributed by atoms with Crippen LogP contribution in [0.1, 0.15) is 26.3 Å². The molecule has 0 spiro atoms. The molecule has 0 bridgehead atoms. The Kier molecular flexibility index (Phi) is 3.34. The van der Waals surface area contributed by atoms with E-state index in [0.29, 0.717) is 5.56 Å². The minimum absolute atomic E-state index is 0.0958. The number of nitrogens with two attached hydrogens (primary N) is 1. The maximum atomic E-state index is 8.84. The molecule has 0 radical (unpaired) electrons. The predicted molar refractivity (Wildman–Crippen MR) is 76.8 cm³/mol. The average Bonchev–Trinajstić information content (AvgIpc) is 2.36. The van der Waals surface area contributed by atoms with Crippen LogP contribution in [0, 0.1) is 0 Å². The molecule has 0 saturated heterocycles. The molecule has 0 fully saturated rings. The van der Waals surface area contributed by atoms with Gasteiger partial charge in [0.25, 0.3) is 0 Å². The number of amidine groups is 1. The minimum Gasteiger partial charge on any atom is -0.488 e. The summed E-state index contributed by atoms with van der Waals surface area (Å²) >= 11 is 0. The summed E-state index contributed by atoms with van der Waals surface area (Å²) in [7, 11) is 0. The van der Waals surface area contributed by atoms with E-state index in [9.17, 15) is 0 Å². The second kappa shape index (κ2) is 4.80. The van der Waals surface area contributed by atoms with E-state index in [-0.39, 0.29) is 11.4 Å². The zero-order valence-electron chi connectivity index (χ0n) is 11.3. The lowest BCUT2D eigenvalue weighted by molar-refractivity contribution is 0.133. The van der Waals surface area contributed by atoms with Gasteiger partial charge in [0.2, 0.25) is 0 Å². The predicted octanol–water partition coefficient (Wildman–Crippen LogP) is 3.11. The zero-order chi connectivity index (χ0) is 14.0. The van der Waals surface area contributed by atoms with E-state index in [1.807, 2.05) is 51.1 Å². The minimum atomic E-state index is -0.277. The van der Waals surface area contributed by atoms with Crippen molar-refractivity contribution in [2.45, 2.75) is 26.4 Å². The van der Waals surface area contributed by atoms with Gasteiger partial charge in [0.15, 0.2) is 5.84 Å². The summed E-state index contributed by atoms with van der Waals surface area (Å²) in [6.45, 7) is 6.00. The molecule has 3 N–H and O–H groups in total. The molecule has 0 heterocycles. The number of fused-ring (bicyclic) bond motifs is 1. The van der Waals surface area contributed by atoms with Gasteiger partial charge in [-0.2, -0.15) is 0 Å². The van der Waals surface area contributed by atoms with Gasteiger partial charge in [0.1, 0.15) is 11.4 Å². The van der Waals surface area contributed by atoms with Gasteiger partial charge in [-0.3, -0.25) is 0 Å². The first-order valence-electron chi connectivity index (χ1n) is 6.11. The molecule has 0 aliphatic heterocycles. The lowest BCUT2D eigenvalue weighted by Crippen LogP contribution is -2.23. The van der Waals surface area contributed by atoms with Crippen molar-refractivity contribution in [3.8, 4) is 5.75 Å². The van der Waals surface area contributed by atoms with Gasteiger partial charge in [0.05, 0.1) is 0 Å². The molecule has 0 atom stereocenters. The van der Waals surface area contributed by atoms with Gasteiger partial charge >= 0.3 is 0 Å². The summed E-state index contributed by atoms with van der Waals surface area (Å²) in [6.07, 6.45) is 0. The maximum absolute atomic E-state index is 8.84. The Morgan fingerprint density at radius 2 is 1.74 bits per heavy atom. The highest BCUT2D eigenvalue weighted by atomic mass is 16.5. The highest BCUT2D eigenvalue weighted by Crippen LogP contribution is 2.30. The Bertz CT molecular complexity index is 628. The van der Waals surface area contributed by atoms with E-state index < -0.39 is 0 Å². The van der Waals surface area contributed by atoms with Crippen LogP contribution in [-0.2, 0) is 0 Å². The lowest BCUT2D eigenvalue weighted by atomic mass is 10.0. The van der Waals surface area contributed by atoms with E-state index in [2.05, 4.69) is 5.16 Å². The van der Waals surface area contributed by atoms with Crippen molar-refractivity contribution in [1.29, 1.82) is 0 Å². The fourth-order valence-electron chi connectivity index (χ4n) is 1.97. The summed E-state index contributed by atoms with van der Waals surface area (Å²) in [6, 6.07) is 11.4. The van der Waals surface area contributed by atoms with Crippen molar-refractivity contribution in [3.05, 3.63) is 42.0 Å². The molecule has 0 saturated carbocycles. The molecule has 0 unspecified atom stereocenters. The zero-order valence-corrected chi connectivity index (χ0v) is 11.3. The second-order valence-electron chi connectivity index (χ2n) is 5.36. The highest BCUT2D eigenvalue weighted by molar-refractivity contribution is 6.10. The van der Waals surface area contributed by atoms with Crippen LogP contribution >= 0.6 is 0 Å². The molecule has 2 rings (SSSR count). The van der Waals surface area contributed by atoms with Crippen LogP contribution in [0.25, 0.3) is 10.8 Å². The second-order valence-corrected chi connectivity index (χ2v) is 5.36. The van der Waals surface area contributed by atoms with E-state index in [4.69, 9.17) is 15.7 Å². The average molecular weight is 258 g/mol. The summed E-state index contributed by atoms with van der Waals surface area (Å²) in [5.74, 6) is 0.885. The first-order valence-corrected chi connectivity index (χ1v) is 6.11. The monoisotopic (exact) mass is 258 g/mol. The largest absolute Gasteiger partial charge is 0.488 e. The first kappa shape index (κ1) is 13.2. The van der Waals surface area contributed by atoms with E-state index in [1.165, 1.54) is 0 Å².